The van der Waals surface area contributed by atoms with E-state index in [1.54, 1.807) is 4.90 Å². The Morgan fingerprint density at radius 3 is 2.58 bits per heavy atom. The van der Waals surface area contributed by atoms with E-state index < -0.39 is 6.04 Å². The lowest BCUT2D eigenvalue weighted by Crippen LogP contribution is -2.58. The summed E-state index contributed by atoms with van der Waals surface area (Å²) >= 11 is 0. The number of piperazine rings is 1. The minimum atomic E-state index is -0.476. The van der Waals surface area contributed by atoms with Crippen LogP contribution in [0.2, 0.25) is 0 Å². The summed E-state index contributed by atoms with van der Waals surface area (Å²) in [7, 11) is 4.00. The number of carbonyl (C=O) groups excluding carboxylic acids is 2. The van der Waals surface area contributed by atoms with Gasteiger partial charge in [0.2, 0.25) is 5.91 Å². The topological polar surface area (TPSA) is 52.7 Å². The van der Waals surface area contributed by atoms with Gasteiger partial charge < -0.3 is 15.1 Å². The third-order valence-electron chi connectivity index (χ3n) is 4.54. The van der Waals surface area contributed by atoms with Gasteiger partial charge in [0.15, 0.2) is 0 Å². The predicted octanol–water partition coefficient (Wildman–Crippen LogP) is 1.93. The second kappa shape index (κ2) is 8.15. The Labute approximate surface area is 154 Å². The molecule has 1 N–H and O–H groups in total. The Kier molecular flexibility index (Phi) is 5.68. The van der Waals surface area contributed by atoms with Crippen LogP contribution in [0.15, 0.2) is 54.6 Å². The second-order valence-electron chi connectivity index (χ2n) is 6.93. The molecule has 1 saturated heterocycles. The summed E-state index contributed by atoms with van der Waals surface area (Å²) in [5, 5.41) is 2.89. The quantitative estimate of drug-likeness (QED) is 0.896. The fraction of sp³-hybridized carbons (Fsp3) is 0.333. The summed E-state index contributed by atoms with van der Waals surface area (Å²) in [5.74, 6) is -0.167. The largest absolute Gasteiger partial charge is 0.353 e. The molecule has 2 aromatic rings. The monoisotopic (exact) mass is 351 g/mol. The number of nitrogens with zero attached hydrogens (tertiary/aromatic N) is 2. The van der Waals surface area contributed by atoms with Gasteiger partial charge in [0, 0.05) is 31.6 Å². The van der Waals surface area contributed by atoms with Crippen LogP contribution in [0.25, 0.3) is 0 Å². The van der Waals surface area contributed by atoms with E-state index in [1.807, 2.05) is 68.7 Å². The molecule has 136 valence electrons. The molecule has 1 aliphatic rings. The molecule has 0 unspecified atom stereocenters. The Morgan fingerprint density at radius 1 is 1.12 bits per heavy atom. The predicted molar refractivity (Wildman–Crippen MR) is 102 cm³/mol. The number of amides is 2. The lowest BCUT2D eigenvalue weighted by Gasteiger charge is -2.35. The van der Waals surface area contributed by atoms with Gasteiger partial charge in [-0.3, -0.25) is 9.59 Å². The van der Waals surface area contributed by atoms with Crippen LogP contribution in [0.1, 0.15) is 21.5 Å². The zero-order chi connectivity index (χ0) is 18.5. The van der Waals surface area contributed by atoms with Crippen molar-refractivity contribution in [2.24, 2.45) is 0 Å². The van der Waals surface area contributed by atoms with Crippen LogP contribution in [0, 0.1) is 0 Å². The summed E-state index contributed by atoms with van der Waals surface area (Å²) in [4.78, 5) is 29.3. The van der Waals surface area contributed by atoms with E-state index in [2.05, 4.69) is 10.2 Å². The molecule has 0 aromatic heterocycles. The highest BCUT2D eigenvalue weighted by molar-refractivity contribution is 5.98. The molecule has 1 heterocycles. The lowest BCUT2D eigenvalue weighted by molar-refractivity contribution is -0.127. The molecule has 3 rings (SSSR count). The lowest BCUT2D eigenvalue weighted by atomic mass is 10.0. The molecule has 0 saturated carbocycles. The Hall–Kier alpha value is -2.66. The van der Waals surface area contributed by atoms with Crippen molar-refractivity contribution in [3.05, 3.63) is 71.3 Å². The minimum absolute atomic E-state index is 0.0820. The first kappa shape index (κ1) is 18.1. The number of nitrogens with one attached hydrogen (secondary N) is 1. The van der Waals surface area contributed by atoms with E-state index >= 15 is 0 Å². The molecule has 0 radical (unpaired) electrons. The number of rotatable bonds is 5. The summed E-state index contributed by atoms with van der Waals surface area (Å²) in [6, 6.07) is 17.0. The Bertz CT molecular complexity index is 774. The molecule has 0 bridgehead atoms. The van der Waals surface area contributed by atoms with Crippen molar-refractivity contribution in [2.75, 3.05) is 27.2 Å². The Morgan fingerprint density at radius 2 is 1.85 bits per heavy atom. The highest BCUT2D eigenvalue weighted by atomic mass is 16.2. The first-order valence-corrected chi connectivity index (χ1v) is 8.91. The molecular formula is C21H25N3O2. The maximum absolute atomic E-state index is 13.1. The third-order valence-corrected chi connectivity index (χ3v) is 4.54. The van der Waals surface area contributed by atoms with Crippen molar-refractivity contribution in [1.82, 2.24) is 15.1 Å². The molecular weight excluding hydrogens is 326 g/mol. The van der Waals surface area contributed by atoms with E-state index in [9.17, 15) is 9.59 Å². The average molecular weight is 351 g/mol. The van der Waals surface area contributed by atoms with Crippen LogP contribution in [-0.4, -0.2) is 54.8 Å². The van der Waals surface area contributed by atoms with Crippen LogP contribution in [0.4, 0.5) is 0 Å². The summed E-state index contributed by atoms with van der Waals surface area (Å²) in [6.45, 7) is 1.79. The van der Waals surface area contributed by atoms with Crippen molar-refractivity contribution < 1.29 is 9.59 Å². The molecule has 0 aliphatic carbocycles. The molecule has 5 nitrogen and oxygen atoms in total. The van der Waals surface area contributed by atoms with E-state index in [1.165, 1.54) is 0 Å². The van der Waals surface area contributed by atoms with Gasteiger partial charge in [-0.15, -0.1) is 0 Å². The van der Waals surface area contributed by atoms with Gasteiger partial charge in [0.25, 0.3) is 5.91 Å². The fourth-order valence-corrected chi connectivity index (χ4v) is 3.33. The van der Waals surface area contributed by atoms with Gasteiger partial charge in [-0.2, -0.15) is 0 Å². The van der Waals surface area contributed by atoms with Crippen molar-refractivity contribution in [1.29, 1.82) is 0 Å². The molecule has 1 atom stereocenters. The number of hydrogen-bond donors (Lipinski definition) is 1. The standard InChI is InChI=1S/C21H25N3O2/c1-23(2)15-17-9-6-10-18(13-17)21(26)24-12-11-22-20(25)19(24)14-16-7-4-3-5-8-16/h3-10,13,19H,11-12,14-15H2,1-2H3,(H,22,25)/t19-/m1/s1. The van der Waals surface area contributed by atoms with Crippen LogP contribution < -0.4 is 5.32 Å². The minimum Gasteiger partial charge on any atom is -0.353 e. The van der Waals surface area contributed by atoms with E-state index in [-0.39, 0.29) is 11.8 Å². The summed E-state index contributed by atoms with van der Waals surface area (Å²) in [5.41, 5.74) is 2.77. The average Bonchev–Trinajstić information content (AvgIpc) is 2.63. The zero-order valence-corrected chi connectivity index (χ0v) is 15.3. The van der Waals surface area contributed by atoms with Crippen molar-refractivity contribution >= 4 is 11.8 Å². The SMILES string of the molecule is CN(C)Cc1cccc(C(=O)N2CCNC(=O)[C@H]2Cc2ccccc2)c1. The second-order valence-corrected chi connectivity index (χ2v) is 6.93. The molecule has 2 amide bonds. The number of hydrogen-bond acceptors (Lipinski definition) is 3. The highest BCUT2D eigenvalue weighted by Gasteiger charge is 2.33. The van der Waals surface area contributed by atoms with Crippen molar-refractivity contribution in [2.45, 2.75) is 19.0 Å². The van der Waals surface area contributed by atoms with E-state index in [4.69, 9.17) is 0 Å². The smallest absolute Gasteiger partial charge is 0.254 e. The van der Waals surface area contributed by atoms with Crippen LogP contribution in [0.5, 0.6) is 0 Å². The van der Waals surface area contributed by atoms with Crippen LogP contribution >= 0.6 is 0 Å². The van der Waals surface area contributed by atoms with Crippen LogP contribution in [-0.2, 0) is 17.8 Å². The molecule has 0 spiro atoms. The van der Waals surface area contributed by atoms with Gasteiger partial charge in [-0.25, -0.2) is 0 Å². The first-order valence-electron chi connectivity index (χ1n) is 8.91. The molecule has 1 fully saturated rings. The zero-order valence-electron chi connectivity index (χ0n) is 15.3. The molecule has 2 aromatic carbocycles. The highest BCUT2D eigenvalue weighted by Crippen LogP contribution is 2.17. The normalized spacial score (nSPS) is 17.3. The van der Waals surface area contributed by atoms with Gasteiger partial charge in [0.05, 0.1) is 0 Å². The van der Waals surface area contributed by atoms with Gasteiger partial charge >= 0.3 is 0 Å². The first-order chi connectivity index (χ1) is 12.5. The van der Waals surface area contributed by atoms with E-state index in [0.29, 0.717) is 25.1 Å². The summed E-state index contributed by atoms with van der Waals surface area (Å²) < 4.78 is 0. The number of benzene rings is 2. The van der Waals surface area contributed by atoms with Gasteiger partial charge in [-0.1, -0.05) is 42.5 Å². The van der Waals surface area contributed by atoms with Gasteiger partial charge in [0.1, 0.15) is 6.04 Å². The van der Waals surface area contributed by atoms with Crippen molar-refractivity contribution in [3.63, 3.8) is 0 Å². The maximum atomic E-state index is 13.1. The molecule has 26 heavy (non-hydrogen) atoms. The Balaban J connectivity index is 1.82. The summed E-state index contributed by atoms with van der Waals surface area (Å²) in [6.07, 6.45) is 0.524. The molecule has 1 aliphatic heterocycles. The third kappa shape index (κ3) is 4.29. The maximum Gasteiger partial charge on any atom is 0.254 e. The fourth-order valence-electron chi connectivity index (χ4n) is 3.33. The van der Waals surface area contributed by atoms with Crippen molar-refractivity contribution in [3.8, 4) is 0 Å². The number of carbonyl (C=O) groups is 2. The molecule has 5 heteroatoms. The van der Waals surface area contributed by atoms with E-state index in [0.717, 1.165) is 17.7 Å². The van der Waals surface area contributed by atoms with Crippen LogP contribution in [0.3, 0.4) is 0 Å². The van der Waals surface area contributed by atoms with Gasteiger partial charge in [-0.05, 0) is 37.4 Å².